The molecule has 7 nitrogen and oxygen atoms in total. The van der Waals surface area contributed by atoms with Gasteiger partial charge in [-0.2, -0.15) is 0 Å². The molecule has 2 aliphatic rings. The van der Waals surface area contributed by atoms with Crippen LogP contribution in [0.25, 0.3) is 10.8 Å². The molecule has 0 fully saturated rings. The first-order chi connectivity index (χ1) is 17.5. The van der Waals surface area contributed by atoms with Crippen LogP contribution in [0.15, 0.2) is 60.7 Å². The van der Waals surface area contributed by atoms with Gasteiger partial charge in [0.25, 0.3) is 5.91 Å². The summed E-state index contributed by atoms with van der Waals surface area (Å²) in [5, 5.41) is 9.25. The Bertz CT molecular complexity index is 1510. The van der Waals surface area contributed by atoms with Crippen LogP contribution in [0.4, 0.5) is 5.00 Å². The lowest BCUT2D eigenvalue weighted by Crippen LogP contribution is -2.38. The molecule has 2 aliphatic heterocycles. The summed E-state index contributed by atoms with van der Waals surface area (Å²) >= 11 is 1.65. The number of anilines is 1. The van der Waals surface area contributed by atoms with Crippen molar-refractivity contribution in [3.8, 4) is 11.5 Å². The number of amides is 1. The monoisotopic (exact) mass is 499 g/mol. The maximum absolute atomic E-state index is 13.1. The Morgan fingerprint density at radius 2 is 1.89 bits per heavy atom. The van der Waals surface area contributed by atoms with Crippen molar-refractivity contribution >= 4 is 39.0 Å². The van der Waals surface area contributed by atoms with Crippen LogP contribution >= 0.6 is 11.3 Å². The minimum atomic E-state index is -0.458. The van der Waals surface area contributed by atoms with Gasteiger partial charge in [-0.1, -0.05) is 42.5 Å². The summed E-state index contributed by atoms with van der Waals surface area (Å²) in [5.41, 5.74) is 3.22. The fourth-order valence-electron chi connectivity index (χ4n) is 4.92. The summed E-state index contributed by atoms with van der Waals surface area (Å²) in [7, 11) is 3.63. The predicted molar refractivity (Wildman–Crippen MR) is 140 cm³/mol. The van der Waals surface area contributed by atoms with Crippen LogP contribution in [0, 0.1) is 0 Å². The Morgan fingerprint density at radius 1 is 1.06 bits per heavy atom. The zero-order valence-electron chi connectivity index (χ0n) is 20.0. The highest BCUT2D eigenvalue weighted by Crippen LogP contribution is 2.41. The molecule has 1 atom stereocenters. The van der Waals surface area contributed by atoms with E-state index in [1.54, 1.807) is 29.5 Å². The van der Waals surface area contributed by atoms with Crippen molar-refractivity contribution in [1.82, 2.24) is 10.2 Å². The van der Waals surface area contributed by atoms with Gasteiger partial charge in [-0.15, -0.1) is 11.3 Å². The maximum atomic E-state index is 13.1. The normalized spacial score (nSPS) is 17.1. The number of fused-ring (bicyclic) bond motifs is 4. The fraction of sp³-hybridized carbons (Fsp3) is 0.214. The lowest BCUT2D eigenvalue weighted by atomic mass is 10.0. The van der Waals surface area contributed by atoms with E-state index in [1.807, 2.05) is 42.5 Å². The van der Waals surface area contributed by atoms with Gasteiger partial charge in [-0.3, -0.25) is 4.79 Å². The molecule has 0 radical (unpaired) electrons. The van der Waals surface area contributed by atoms with E-state index in [-0.39, 0.29) is 5.91 Å². The van der Waals surface area contributed by atoms with Gasteiger partial charge in [0.1, 0.15) is 11.2 Å². The molecule has 1 aromatic heterocycles. The summed E-state index contributed by atoms with van der Waals surface area (Å²) in [6.45, 7) is 1.81. The Labute approximate surface area is 212 Å². The Morgan fingerprint density at radius 3 is 2.75 bits per heavy atom. The van der Waals surface area contributed by atoms with Crippen LogP contribution in [0.2, 0.25) is 0 Å². The van der Waals surface area contributed by atoms with Gasteiger partial charge >= 0.3 is 5.97 Å². The number of ether oxygens (including phenoxy) is 2. The molecule has 6 rings (SSSR count). The molecule has 1 unspecified atom stereocenters. The number of likely N-dealkylation sites (N-methyl/N-ethyl adjacent to an activating group) is 1. The molecule has 0 saturated heterocycles. The lowest BCUT2D eigenvalue weighted by Gasteiger charge is -2.27. The van der Waals surface area contributed by atoms with Gasteiger partial charge in [-0.25, -0.2) is 4.79 Å². The first kappa shape index (κ1) is 22.6. The third-order valence-electron chi connectivity index (χ3n) is 6.76. The third kappa shape index (κ3) is 3.88. The molecule has 2 N–H and O–H groups in total. The average molecular weight is 500 g/mol. The highest BCUT2D eigenvalue weighted by atomic mass is 32.1. The number of rotatable bonds is 4. The second-order valence-corrected chi connectivity index (χ2v) is 10.2. The van der Waals surface area contributed by atoms with E-state index in [2.05, 4.69) is 22.6 Å². The summed E-state index contributed by atoms with van der Waals surface area (Å²) in [6.07, 6.45) is 0.460. The standard InChI is InChI=1S/C28H25N3O4S/c1-31-13-12-20-23(15-31)36-27-24(20)26(32)29-25(30-27)17-10-11-21(22(14-17)34-2)35-28(33)19-9-5-7-16-6-3-4-8-18(16)19/h3-11,14,25,30H,12-13,15H2,1-2H3,(H,29,32). The second-order valence-electron chi connectivity index (χ2n) is 9.07. The van der Waals surface area contributed by atoms with E-state index in [0.29, 0.717) is 17.1 Å². The molecular formula is C28H25N3O4S. The number of hydrogen-bond donors (Lipinski definition) is 2. The van der Waals surface area contributed by atoms with Crippen LogP contribution in [-0.4, -0.2) is 37.5 Å². The maximum Gasteiger partial charge on any atom is 0.344 e. The smallest absolute Gasteiger partial charge is 0.344 e. The summed E-state index contributed by atoms with van der Waals surface area (Å²) < 4.78 is 11.3. The molecule has 0 spiro atoms. The number of thiophene rings is 1. The number of nitrogens with zero attached hydrogens (tertiary/aromatic N) is 1. The number of esters is 1. The second kappa shape index (κ2) is 8.96. The average Bonchev–Trinajstić information content (AvgIpc) is 3.26. The predicted octanol–water partition coefficient (Wildman–Crippen LogP) is 4.97. The molecule has 36 heavy (non-hydrogen) atoms. The first-order valence-electron chi connectivity index (χ1n) is 11.8. The topological polar surface area (TPSA) is 79.9 Å². The van der Waals surface area contributed by atoms with Crippen molar-refractivity contribution < 1.29 is 19.1 Å². The fourth-order valence-corrected chi connectivity index (χ4v) is 6.27. The molecule has 1 amide bonds. The Hall–Kier alpha value is -3.88. The molecule has 0 bridgehead atoms. The molecule has 0 aliphatic carbocycles. The molecule has 8 heteroatoms. The van der Waals surface area contributed by atoms with Crippen LogP contribution in [0.1, 0.15) is 42.9 Å². The van der Waals surface area contributed by atoms with Crippen LogP contribution < -0.4 is 20.1 Å². The van der Waals surface area contributed by atoms with E-state index in [4.69, 9.17) is 9.47 Å². The molecule has 182 valence electrons. The number of nitrogens with one attached hydrogen (secondary N) is 2. The first-order valence-corrected chi connectivity index (χ1v) is 12.6. The van der Waals surface area contributed by atoms with E-state index < -0.39 is 12.1 Å². The molecule has 4 aromatic rings. The number of benzene rings is 3. The SMILES string of the molecule is COc1cc(C2NC(=O)c3c(sc4c3CCN(C)C4)N2)ccc1OC(=O)c1cccc2ccccc12. The van der Waals surface area contributed by atoms with Crippen LogP contribution in [0.3, 0.4) is 0 Å². The van der Waals surface area contributed by atoms with Crippen molar-refractivity contribution in [1.29, 1.82) is 0 Å². The van der Waals surface area contributed by atoms with Crippen molar-refractivity contribution in [3.63, 3.8) is 0 Å². The van der Waals surface area contributed by atoms with Crippen LogP contribution in [-0.2, 0) is 13.0 Å². The Balaban J connectivity index is 1.26. The van der Waals surface area contributed by atoms with Crippen molar-refractivity contribution in [2.45, 2.75) is 19.1 Å². The van der Waals surface area contributed by atoms with Crippen molar-refractivity contribution in [2.24, 2.45) is 0 Å². The molecule has 0 saturated carbocycles. The van der Waals surface area contributed by atoms with Gasteiger partial charge in [0, 0.05) is 18.0 Å². The Kier molecular flexibility index (Phi) is 5.62. The van der Waals surface area contributed by atoms with E-state index in [1.165, 1.54) is 12.0 Å². The molecule has 3 heterocycles. The van der Waals surface area contributed by atoms with Gasteiger partial charge in [0.2, 0.25) is 0 Å². The van der Waals surface area contributed by atoms with Crippen LogP contribution in [0.5, 0.6) is 11.5 Å². The van der Waals surface area contributed by atoms with Crippen molar-refractivity contribution in [2.75, 3.05) is 26.0 Å². The highest BCUT2D eigenvalue weighted by Gasteiger charge is 2.33. The largest absolute Gasteiger partial charge is 0.493 e. The third-order valence-corrected chi connectivity index (χ3v) is 7.91. The summed E-state index contributed by atoms with van der Waals surface area (Å²) in [4.78, 5) is 29.6. The van der Waals surface area contributed by atoms with E-state index >= 15 is 0 Å². The minimum Gasteiger partial charge on any atom is -0.493 e. The highest BCUT2D eigenvalue weighted by molar-refractivity contribution is 7.16. The summed E-state index contributed by atoms with van der Waals surface area (Å²) in [6, 6.07) is 18.6. The number of carbonyl (C=O) groups is 2. The van der Waals surface area contributed by atoms with Gasteiger partial charge in [0.05, 0.1) is 18.2 Å². The summed E-state index contributed by atoms with van der Waals surface area (Å²) in [5.74, 6) is 0.202. The lowest BCUT2D eigenvalue weighted by molar-refractivity contribution is 0.0731. The quantitative estimate of drug-likeness (QED) is 0.305. The zero-order valence-corrected chi connectivity index (χ0v) is 20.8. The molecular weight excluding hydrogens is 474 g/mol. The zero-order chi connectivity index (χ0) is 24.8. The van der Waals surface area contributed by atoms with Gasteiger partial charge in [-0.05, 0) is 53.6 Å². The minimum absolute atomic E-state index is 0.0683. The van der Waals surface area contributed by atoms with Crippen molar-refractivity contribution in [3.05, 3.63) is 87.8 Å². The van der Waals surface area contributed by atoms with Gasteiger partial charge < -0.3 is 25.0 Å². The van der Waals surface area contributed by atoms with E-state index in [0.717, 1.165) is 52.0 Å². The van der Waals surface area contributed by atoms with E-state index in [9.17, 15) is 9.59 Å². The number of methoxy groups -OCH3 is 1. The number of carbonyl (C=O) groups excluding carboxylic acids is 2. The number of hydrogen-bond acceptors (Lipinski definition) is 7. The van der Waals surface area contributed by atoms with Gasteiger partial charge in [0.15, 0.2) is 11.5 Å². The molecule has 3 aromatic carbocycles.